The van der Waals surface area contributed by atoms with Crippen molar-refractivity contribution in [2.24, 2.45) is 5.73 Å². The van der Waals surface area contributed by atoms with Crippen LogP contribution in [0.4, 0.5) is 0 Å². The zero-order chi connectivity index (χ0) is 12.6. The van der Waals surface area contributed by atoms with Crippen LogP contribution in [0.25, 0.3) is 0 Å². The van der Waals surface area contributed by atoms with E-state index in [0.29, 0.717) is 5.75 Å². The molecule has 0 atom stereocenters. The summed E-state index contributed by atoms with van der Waals surface area (Å²) >= 11 is 3.44. The van der Waals surface area contributed by atoms with Gasteiger partial charge in [-0.25, -0.2) is 0 Å². The summed E-state index contributed by atoms with van der Waals surface area (Å²) in [7, 11) is 0. The van der Waals surface area contributed by atoms with E-state index in [-0.39, 0.29) is 0 Å². The van der Waals surface area contributed by atoms with Crippen molar-refractivity contribution in [3.05, 3.63) is 27.2 Å². The van der Waals surface area contributed by atoms with Gasteiger partial charge in [0, 0.05) is 11.1 Å². The van der Waals surface area contributed by atoms with Gasteiger partial charge in [-0.15, -0.1) is 0 Å². The number of aryl methyl sites for hydroxylation is 1. The molecule has 0 radical (unpaired) electrons. The normalized spacial score (nSPS) is 16.5. The monoisotopic (exact) mass is 297 g/mol. The molecule has 3 N–H and O–H groups in total. The summed E-state index contributed by atoms with van der Waals surface area (Å²) in [6.07, 6.45) is 5.81. The van der Waals surface area contributed by atoms with Crippen LogP contribution in [0.3, 0.4) is 0 Å². The van der Waals surface area contributed by atoms with Gasteiger partial charge in [0.2, 0.25) is 0 Å². The first-order valence-corrected chi connectivity index (χ1v) is 7.03. The second-order valence-corrected chi connectivity index (χ2v) is 6.36. The lowest BCUT2D eigenvalue weighted by Gasteiger charge is -2.26. The van der Waals surface area contributed by atoms with Crippen LogP contribution in [-0.4, -0.2) is 5.11 Å². The fourth-order valence-electron chi connectivity index (χ4n) is 2.73. The third kappa shape index (κ3) is 2.50. The Kier molecular flexibility index (Phi) is 3.50. The molecule has 0 fully saturated rings. The first kappa shape index (κ1) is 12.9. The standard InChI is InChI=1S/C14H20BrNO/c1-14(2,16)12-10-7-5-3-4-6-9(10)8-11(15)13(12)17/h8,17H,3-7,16H2,1-2H3. The number of nitrogens with two attached hydrogens (primary N) is 1. The largest absolute Gasteiger partial charge is 0.506 e. The molecule has 1 aliphatic carbocycles. The summed E-state index contributed by atoms with van der Waals surface area (Å²) < 4.78 is 0.770. The molecule has 1 aliphatic rings. The predicted molar refractivity (Wildman–Crippen MR) is 74.3 cm³/mol. The first-order chi connectivity index (χ1) is 7.91. The molecule has 0 aliphatic heterocycles. The number of aromatic hydroxyl groups is 1. The fraction of sp³-hybridized carbons (Fsp3) is 0.571. The molecule has 1 aromatic carbocycles. The average Bonchev–Trinajstić information content (AvgIpc) is 2.42. The van der Waals surface area contributed by atoms with Crippen LogP contribution in [0, 0.1) is 0 Å². The van der Waals surface area contributed by atoms with Gasteiger partial charge in [-0.3, -0.25) is 0 Å². The van der Waals surface area contributed by atoms with Crippen LogP contribution < -0.4 is 5.73 Å². The molecule has 0 saturated carbocycles. The Morgan fingerprint density at radius 1 is 1.24 bits per heavy atom. The summed E-state index contributed by atoms with van der Waals surface area (Å²) in [5.74, 6) is 0.318. The minimum absolute atomic E-state index is 0.318. The Hall–Kier alpha value is -0.540. The lowest BCUT2D eigenvalue weighted by atomic mass is 9.85. The lowest BCUT2D eigenvalue weighted by molar-refractivity contribution is 0.434. The van der Waals surface area contributed by atoms with E-state index in [1.54, 1.807) is 0 Å². The molecule has 94 valence electrons. The molecule has 2 rings (SSSR count). The zero-order valence-corrected chi connectivity index (χ0v) is 12.1. The van der Waals surface area contributed by atoms with E-state index in [2.05, 4.69) is 22.0 Å². The van der Waals surface area contributed by atoms with Crippen molar-refractivity contribution in [1.29, 1.82) is 0 Å². The number of rotatable bonds is 1. The molecular weight excluding hydrogens is 278 g/mol. The number of phenolic OH excluding ortho intramolecular Hbond substituents is 1. The van der Waals surface area contributed by atoms with Crippen LogP contribution in [0.1, 0.15) is 49.8 Å². The van der Waals surface area contributed by atoms with Crippen LogP contribution in [0.15, 0.2) is 10.5 Å². The molecule has 3 heteroatoms. The van der Waals surface area contributed by atoms with Gasteiger partial charge in [0.15, 0.2) is 0 Å². The third-order valence-corrected chi connectivity index (χ3v) is 4.08. The van der Waals surface area contributed by atoms with Gasteiger partial charge >= 0.3 is 0 Å². The summed E-state index contributed by atoms with van der Waals surface area (Å²) in [5, 5.41) is 10.3. The Morgan fingerprint density at radius 3 is 2.53 bits per heavy atom. The first-order valence-electron chi connectivity index (χ1n) is 6.24. The van der Waals surface area contributed by atoms with E-state index < -0.39 is 5.54 Å². The quantitative estimate of drug-likeness (QED) is 0.778. The van der Waals surface area contributed by atoms with Crippen molar-refractivity contribution in [3.63, 3.8) is 0 Å². The number of fused-ring (bicyclic) bond motifs is 1. The van der Waals surface area contributed by atoms with Crippen molar-refractivity contribution in [3.8, 4) is 5.75 Å². The van der Waals surface area contributed by atoms with E-state index >= 15 is 0 Å². The summed E-state index contributed by atoms with van der Waals surface area (Å²) in [4.78, 5) is 0. The van der Waals surface area contributed by atoms with Gasteiger partial charge in [-0.1, -0.05) is 6.42 Å². The van der Waals surface area contributed by atoms with E-state index in [4.69, 9.17) is 5.73 Å². The molecule has 0 heterocycles. The highest BCUT2D eigenvalue weighted by atomic mass is 79.9. The maximum Gasteiger partial charge on any atom is 0.135 e. The van der Waals surface area contributed by atoms with Crippen molar-refractivity contribution < 1.29 is 5.11 Å². The Labute approximate surface area is 111 Å². The molecular formula is C14H20BrNO. The number of phenols is 1. The van der Waals surface area contributed by atoms with Crippen LogP contribution >= 0.6 is 15.9 Å². The van der Waals surface area contributed by atoms with E-state index in [1.807, 2.05) is 13.8 Å². The average molecular weight is 298 g/mol. The van der Waals surface area contributed by atoms with Crippen LogP contribution in [-0.2, 0) is 18.4 Å². The van der Waals surface area contributed by atoms with Crippen LogP contribution in [0.2, 0.25) is 0 Å². The van der Waals surface area contributed by atoms with Gasteiger partial charge in [0.1, 0.15) is 5.75 Å². The minimum atomic E-state index is -0.498. The minimum Gasteiger partial charge on any atom is -0.506 e. The van der Waals surface area contributed by atoms with Gasteiger partial charge in [0.05, 0.1) is 4.47 Å². The maximum absolute atomic E-state index is 10.3. The Bertz CT molecular complexity index is 435. The molecule has 0 unspecified atom stereocenters. The lowest BCUT2D eigenvalue weighted by Crippen LogP contribution is -2.30. The second kappa shape index (κ2) is 4.62. The van der Waals surface area contributed by atoms with Gasteiger partial charge in [0.25, 0.3) is 0 Å². The smallest absolute Gasteiger partial charge is 0.135 e. The molecule has 0 bridgehead atoms. The number of hydrogen-bond donors (Lipinski definition) is 2. The van der Waals surface area contributed by atoms with Crippen molar-refractivity contribution >= 4 is 15.9 Å². The van der Waals surface area contributed by atoms with Crippen molar-refractivity contribution in [2.45, 2.75) is 51.5 Å². The number of hydrogen-bond acceptors (Lipinski definition) is 2. The highest BCUT2D eigenvalue weighted by Gasteiger charge is 2.27. The summed E-state index contributed by atoms with van der Waals surface area (Å²) in [6.45, 7) is 3.92. The molecule has 0 amide bonds. The van der Waals surface area contributed by atoms with Gasteiger partial charge in [-0.2, -0.15) is 0 Å². The number of benzene rings is 1. The summed E-state index contributed by atoms with van der Waals surface area (Å²) in [6, 6.07) is 2.06. The Morgan fingerprint density at radius 2 is 1.88 bits per heavy atom. The maximum atomic E-state index is 10.3. The molecule has 1 aromatic rings. The Balaban J connectivity index is 2.66. The van der Waals surface area contributed by atoms with Crippen LogP contribution in [0.5, 0.6) is 5.75 Å². The van der Waals surface area contributed by atoms with E-state index in [9.17, 15) is 5.11 Å². The molecule has 17 heavy (non-hydrogen) atoms. The fourth-order valence-corrected chi connectivity index (χ4v) is 3.20. The third-order valence-electron chi connectivity index (χ3n) is 3.47. The molecule has 0 aromatic heterocycles. The van der Waals surface area contributed by atoms with E-state index in [0.717, 1.165) is 22.9 Å². The second-order valence-electron chi connectivity index (χ2n) is 5.50. The van der Waals surface area contributed by atoms with E-state index in [1.165, 1.54) is 30.4 Å². The topological polar surface area (TPSA) is 46.2 Å². The molecule has 0 saturated heterocycles. The zero-order valence-electron chi connectivity index (χ0n) is 10.5. The van der Waals surface area contributed by atoms with Gasteiger partial charge < -0.3 is 10.8 Å². The van der Waals surface area contributed by atoms with Crippen molar-refractivity contribution in [1.82, 2.24) is 0 Å². The molecule has 0 spiro atoms. The predicted octanol–water partition coefficient (Wildman–Crippen LogP) is 3.62. The molecule has 2 nitrogen and oxygen atoms in total. The summed E-state index contributed by atoms with van der Waals surface area (Å²) in [5.41, 5.74) is 9.26. The number of halogens is 1. The SMILES string of the molecule is CC(C)(N)c1c(O)c(Br)cc2c1CCCCC2. The van der Waals surface area contributed by atoms with Crippen molar-refractivity contribution in [2.75, 3.05) is 0 Å². The highest BCUT2D eigenvalue weighted by Crippen LogP contribution is 2.40. The van der Waals surface area contributed by atoms with Gasteiger partial charge in [-0.05, 0) is 72.7 Å². The highest BCUT2D eigenvalue weighted by molar-refractivity contribution is 9.10.